The number of benzene rings is 1. The first-order valence-electron chi connectivity index (χ1n) is 11.1. The minimum Gasteiger partial charge on any atom is -0.333 e. The van der Waals surface area contributed by atoms with Crippen molar-refractivity contribution in [1.29, 1.82) is 0 Å². The van der Waals surface area contributed by atoms with Crippen molar-refractivity contribution in [3.63, 3.8) is 0 Å². The van der Waals surface area contributed by atoms with Gasteiger partial charge in [0.1, 0.15) is 5.82 Å². The molecule has 6 heteroatoms. The molecule has 0 fully saturated rings. The molecule has 0 spiro atoms. The first kappa shape index (κ1) is 24.6. The highest BCUT2D eigenvalue weighted by molar-refractivity contribution is 5.94. The number of carbonyl (C=O) groups is 2. The van der Waals surface area contributed by atoms with E-state index in [-0.39, 0.29) is 35.6 Å². The number of aryl methyl sites for hydroxylation is 1. The van der Waals surface area contributed by atoms with Crippen LogP contribution in [0.3, 0.4) is 0 Å². The Hall–Kier alpha value is -2.63. The first-order chi connectivity index (χ1) is 14.4. The quantitative estimate of drug-likeness (QED) is 0.650. The van der Waals surface area contributed by atoms with Gasteiger partial charge < -0.3 is 10.2 Å². The molecule has 1 N–H and O–H groups in total. The summed E-state index contributed by atoms with van der Waals surface area (Å²) in [5.41, 5.74) is 2.77. The molecule has 0 saturated carbocycles. The molecule has 0 aliphatic rings. The predicted octanol–water partition coefficient (Wildman–Crippen LogP) is 4.95. The molecule has 1 aromatic heterocycles. The molecule has 2 amide bonds. The molecule has 2 aromatic rings. The summed E-state index contributed by atoms with van der Waals surface area (Å²) in [7, 11) is 0. The monoisotopic (exact) mass is 426 g/mol. The van der Waals surface area contributed by atoms with Gasteiger partial charge >= 0.3 is 0 Å². The van der Waals surface area contributed by atoms with Gasteiger partial charge in [-0.05, 0) is 30.9 Å². The van der Waals surface area contributed by atoms with E-state index in [0.717, 1.165) is 16.9 Å². The third kappa shape index (κ3) is 7.23. The molecule has 0 atom stereocenters. The molecule has 1 aromatic carbocycles. The van der Waals surface area contributed by atoms with Gasteiger partial charge in [0.15, 0.2) is 0 Å². The third-order valence-electron chi connectivity index (χ3n) is 4.88. The fourth-order valence-corrected chi connectivity index (χ4v) is 3.25. The van der Waals surface area contributed by atoms with E-state index in [0.29, 0.717) is 18.8 Å². The molecular formula is C25H38N4O2. The number of rotatable bonds is 8. The molecule has 2 rings (SSSR count). The van der Waals surface area contributed by atoms with Crippen LogP contribution in [0.1, 0.15) is 66.1 Å². The van der Waals surface area contributed by atoms with Crippen molar-refractivity contribution in [1.82, 2.24) is 14.7 Å². The van der Waals surface area contributed by atoms with Gasteiger partial charge in [-0.25, -0.2) is 4.68 Å². The number of amides is 2. The van der Waals surface area contributed by atoms with E-state index in [4.69, 9.17) is 5.10 Å². The van der Waals surface area contributed by atoms with Crippen molar-refractivity contribution in [3.8, 4) is 5.69 Å². The molecule has 0 radical (unpaired) electrons. The lowest BCUT2D eigenvalue weighted by Crippen LogP contribution is -2.40. The van der Waals surface area contributed by atoms with Crippen LogP contribution in [0.5, 0.6) is 0 Å². The van der Waals surface area contributed by atoms with Crippen LogP contribution in [-0.4, -0.2) is 39.6 Å². The third-order valence-corrected chi connectivity index (χ3v) is 4.88. The van der Waals surface area contributed by atoms with Crippen LogP contribution in [0.4, 0.5) is 5.82 Å². The van der Waals surface area contributed by atoms with Gasteiger partial charge in [-0.1, -0.05) is 66.2 Å². The Balaban J connectivity index is 2.28. The van der Waals surface area contributed by atoms with Gasteiger partial charge in [0.05, 0.1) is 17.9 Å². The maximum atomic E-state index is 12.9. The zero-order valence-corrected chi connectivity index (χ0v) is 20.3. The molecule has 0 aliphatic carbocycles. The summed E-state index contributed by atoms with van der Waals surface area (Å²) in [5, 5.41) is 7.75. The van der Waals surface area contributed by atoms with Gasteiger partial charge in [-0.3, -0.25) is 9.59 Å². The van der Waals surface area contributed by atoms with Crippen molar-refractivity contribution >= 4 is 17.6 Å². The Kier molecular flexibility index (Phi) is 8.04. The molecule has 31 heavy (non-hydrogen) atoms. The molecule has 0 unspecified atom stereocenters. The highest BCUT2D eigenvalue weighted by atomic mass is 16.2. The zero-order chi connectivity index (χ0) is 23.3. The summed E-state index contributed by atoms with van der Waals surface area (Å²) >= 11 is 0. The summed E-state index contributed by atoms with van der Waals surface area (Å²) in [4.78, 5) is 27.3. The molecule has 0 aliphatic heterocycles. The lowest BCUT2D eigenvalue weighted by Gasteiger charge is -2.25. The van der Waals surface area contributed by atoms with Crippen molar-refractivity contribution in [2.24, 2.45) is 11.8 Å². The van der Waals surface area contributed by atoms with Crippen molar-refractivity contribution in [2.45, 2.75) is 67.2 Å². The molecular weight excluding hydrogens is 388 g/mol. The average Bonchev–Trinajstić information content (AvgIpc) is 3.05. The fraction of sp³-hybridized carbons (Fsp3) is 0.560. The highest BCUT2D eigenvalue weighted by Crippen LogP contribution is 2.26. The second-order valence-electron chi connectivity index (χ2n) is 10.2. The Morgan fingerprint density at radius 1 is 1.06 bits per heavy atom. The van der Waals surface area contributed by atoms with E-state index >= 15 is 0 Å². The van der Waals surface area contributed by atoms with Crippen LogP contribution in [0, 0.1) is 18.8 Å². The molecule has 170 valence electrons. The SMILES string of the molecule is Cc1ccc(-n2nc(C(C)(C)C)cc2NC(=O)CN(CC(C)C)C(=O)CC(C)C)cc1. The molecule has 6 nitrogen and oxygen atoms in total. The largest absolute Gasteiger partial charge is 0.333 e. The normalized spacial score (nSPS) is 11.8. The van der Waals surface area contributed by atoms with E-state index in [2.05, 4.69) is 39.9 Å². The maximum Gasteiger partial charge on any atom is 0.245 e. The maximum absolute atomic E-state index is 12.9. The minimum atomic E-state index is -0.216. The second kappa shape index (κ2) is 10.1. The standard InChI is InChI=1S/C25H38N4O2/c1-17(2)13-24(31)28(15-18(3)4)16-23(30)26-22-14-21(25(6,7)8)27-29(22)20-11-9-19(5)10-12-20/h9-12,14,17-18H,13,15-16H2,1-8H3,(H,26,30). The zero-order valence-electron chi connectivity index (χ0n) is 20.3. The van der Waals surface area contributed by atoms with Crippen molar-refractivity contribution in [3.05, 3.63) is 41.6 Å². The Labute approximate surface area is 187 Å². The Morgan fingerprint density at radius 3 is 2.19 bits per heavy atom. The molecule has 0 bridgehead atoms. The lowest BCUT2D eigenvalue weighted by molar-refractivity contribution is -0.135. The van der Waals surface area contributed by atoms with Crippen LogP contribution < -0.4 is 5.32 Å². The smallest absolute Gasteiger partial charge is 0.245 e. The van der Waals surface area contributed by atoms with E-state index in [1.807, 2.05) is 51.1 Å². The Bertz CT molecular complexity index is 889. The summed E-state index contributed by atoms with van der Waals surface area (Å²) in [6.07, 6.45) is 0.440. The number of anilines is 1. The van der Waals surface area contributed by atoms with Gasteiger partial charge in [0, 0.05) is 24.4 Å². The number of hydrogen-bond donors (Lipinski definition) is 1. The van der Waals surface area contributed by atoms with E-state index in [1.165, 1.54) is 0 Å². The topological polar surface area (TPSA) is 67.2 Å². The van der Waals surface area contributed by atoms with Gasteiger partial charge in [0.2, 0.25) is 11.8 Å². The summed E-state index contributed by atoms with van der Waals surface area (Å²) in [6, 6.07) is 9.94. The van der Waals surface area contributed by atoms with Gasteiger partial charge in [-0.15, -0.1) is 0 Å². The van der Waals surface area contributed by atoms with E-state index in [9.17, 15) is 9.59 Å². The first-order valence-corrected chi connectivity index (χ1v) is 11.1. The average molecular weight is 427 g/mol. The lowest BCUT2D eigenvalue weighted by atomic mass is 9.92. The van der Waals surface area contributed by atoms with E-state index < -0.39 is 0 Å². The second-order valence-corrected chi connectivity index (χ2v) is 10.2. The highest BCUT2D eigenvalue weighted by Gasteiger charge is 2.23. The predicted molar refractivity (Wildman–Crippen MR) is 127 cm³/mol. The van der Waals surface area contributed by atoms with E-state index in [1.54, 1.807) is 9.58 Å². The summed E-state index contributed by atoms with van der Waals surface area (Å²) < 4.78 is 1.76. The Morgan fingerprint density at radius 2 is 1.68 bits per heavy atom. The number of nitrogens with zero attached hydrogens (tertiary/aromatic N) is 3. The van der Waals surface area contributed by atoms with Crippen LogP contribution in [0.25, 0.3) is 5.69 Å². The number of carbonyl (C=O) groups excluding carboxylic acids is 2. The minimum absolute atomic E-state index is 0.0151. The van der Waals surface area contributed by atoms with Crippen molar-refractivity contribution < 1.29 is 9.59 Å². The summed E-state index contributed by atoms with van der Waals surface area (Å²) in [5.74, 6) is 0.948. The fourth-order valence-electron chi connectivity index (χ4n) is 3.25. The van der Waals surface area contributed by atoms with Crippen LogP contribution in [-0.2, 0) is 15.0 Å². The van der Waals surface area contributed by atoms with Crippen LogP contribution in [0.2, 0.25) is 0 Å². The number of aromatic nitrogens is 2. The van der Waals surface area contributed by atoms with Crippen LogP contribution >= 0.6 is 0 Å². The van der Waals surface area contributed by atoms with Crippen LogP contribution in [0.15, 0.2) is 30.3 Å². The number of nitrogens with one attached hydrogen (secondary N) is 1. The molecule has 0 saturated heterocycles. The van der Waals surface area contributed by atoms with Gasteiger partial charge in [0.25, 0.3) is 0 Å². The number of hydrogen-bond acceptors (Lipinski definition) is 3. The van der Waals surface area contributed by atoms with Gasteiger partial charge in [-0.2, -0.15) is 5.10 Å². The van der Waals surface area contributed by atoms with Crippen molar-refractivity contribution in [2.75, 3.05) is 18.4 Å². The molecule has 1 heterocycles. The summed E-state index contributed by atoms with van der Waals surface area (Å²) in [6.45, 7) is 17.0.